The van der Waals surface area contributed by atoms with Crippen molar-refractivity contribution in [1.29, 1.82) is 0 Å². The first-order chi connectivity index (χ1) is 16.5. The van der Waals surface area contributed by atoms with Gasteiger partial charge in [-0.25, -0.2) is 9.37 Å². The van der Waals surface area contributed by atoms with Gasteiger partial charge in [0.05, 0.1) is 17.0 Å². The van der Waals surface area contributed by atoms with Gasteiger partial charge >= 0.3 is 0 Å². The van der Waals surface area contributed by atoms with Crippen LogP contribution in [-0.2, 0) is 30.7 Å². The minimum absolute atomic E-state index is 0.0657. The van der Waals surface area contributed by atoms with Gasteiger partial charge in [-0.1, -0.05) is 54.2 Å². The summed E-state index contributed by atoms with van der Waals surface area (Å²) >= 11 is 1.25. The molecule has 4 rings (SSSR count). The van der Waals surface area contributed by atoms with Crippen LogP contribution >= 0.6 is 11.8 Å². The summed E-state index contributed by atoms with van der Waals surface area (Å²) in [4.78, 5) is 34.6. The quantitative estimate of drug-likeness (QED) is 0.361. The van der Waals surface area contributed by atoms with Crippen molar-refractivity contribution in [2.24, 2.45) is 0 Å². The SMILES string of the molecule is CC(CCc1ccccc1)NC(=O)CSc1nc2c(c(=O)[nH]1)CN(Cc1ccc(F)cc1)CC2. The van der Waals surface area contributed by atoms with Crippen LogP contribution in [0.15, 0.2) is 64.5 Å². The summed E-state index contributed by atoms with van der Waals surface area (Å²) < 4.78 is 13.1. The molecule has 1 atom stereocenters. The molecule has 2 heterocycles. The first-order valence-electron chi connectivity index (χ1n) is 11.5. The number of aryl methyl sites for hydroxylation is 1. The molecule has 178 valence electrons. The maximum Gasteiger partial charge on any atom is 0.256 e. The summed E-state index contributed by atoms with van der Waals surface area (Å²) in [5.41, 5.74) is 3.55. The van der Waals surface area contributed by atoms with E-state index in [-0.39, 0.29) is 29.1 Å². The molecule has 0 aliphatic carbocycles. The number of carbonyl (C=O) groups is 1. The Morgan fingerprint density at radius 2 is 1.94 bits per heavy atom. The lowest BCUT2D eigenvalue weighted by molar-refractivity contribution is -0.119. The van der Waals surface area contributed by atoms with Crippen LogP contribution in [-0.4, -0.2) is 39.1 Å². The van der Waals surface area contributed by atoms with E-state index in [1.807, 2.05) is 25.1 Å². The Hall–Kier alpha value is -2.97. The molecule has 2 aromatic carbocycles. The Bertz CT molecular complexity index is 1170. The van der Waals surface area contributed by atoms with Crippen LogP contribution in [0, 0.1) is 5.82 Å². The number of nitrogens with zero attached hydrogens (tertiary/aromatic N) is 2. The minimum Gasteiger partial charge on any atom is -0.353 e. The first kappa shape index (κ1) is 24.2. The number of hydrogen-bond donors (Lipinski definition) is 2. The highest BCUT2D eigenvalue weighted by molar-refractivity contribution is 7.99. The second-order valence-corrected chi connectivity index (χ2v) is 9.63. The third-order valence-corrected chi connectivity index (χ3v) is 6.77. The molecule has 0 fully saturated rings. The van der Waals surface area contributed by atoms with E-state index in [2.05, 4.69) is 32.3 Å². The molecule has 1 amide bonds. The first-order valence-corrected chi connectivity index (χ1v) is 12.5. The number of aromatic amines is 1. The molecule has 8 heteroatoms. The lowest BCUT2D eigenvalue weighted by Gasteiger charge is -2.27. The van der Waals surface area contributed by atoms with Gasteiger partial charge in [0.25, 0.3) is 5.56 Å². The molecule has 1 aromatic heterocycles. The highest BCUT2D eigenvalue weighted by atomic mass is 32.2. The van der Waals surface area contributed by atoms with Gasteiger partial charge in [0.15, 0.2) is 5.16 Å². The van der Waals surface area contributed by atoms with Crippen LogP contribution in [0.3, 0.4) is 0 Å². The van der Waals surface area contributed by atoms with Gasteiger partial charge in [-0.15, -0.1) is 0 Å². The van der Waals surface area contributed by atoms with Crippen LogP contribution < -0.4 is 10.9 Å². The fourth-order valence-corrected chi connectivity index (χ4v) is 4.75. The predicted octanol–water partition coefficient (Wildman–Crippen LogP) is 3.70. The number of H-pyrrole nitrogens is 1. The van der Waals surface area contributed by atoms with E-state index in [4.69, 9.17) is 0 Å². The normalized spacial score (nSPS) is 14.4. The Balaban J connectivity index is 1.27. The van der Waals surface area contributed by atoms with Gasteiger partial charge in [0.1, 0.15) is 5.82 Å². The fraction of sp³-hybridized carbons (Fsp3) is 0.346. The molecule has 0 saturated heterocycles. The molecule has 2 N–H and O–H groups in total. The number of amides is 1. The molecular formula is C26H29FN4O2S. The maximum atomic E-state index is 13.1. The molecule has 34 heavy (non-hydrogen) atoms. The van der Waals surface area contributed by atoms with Gasteiger partial charge < -0.3 is 10.3 Å². The van der Waals surface area contributed by atoms with Gasteiger partial charge in [0.2, 0.25) is 5.91 Å². The lowest BCUT2D eigenvalue weighted by atomic mass is 10.1. The standard InChI is InChI=1S/C26H29FN4O2S/c1-18(7-8-19-5-3-2-4-6-19)28-24(32)17-34-26-29-23-13-14-31(16-22(23)25(33)30-26)15-20-9-11-21(27)12-10-20/h2-6,9-12,18H,7-8,13-17H2,1H3,(H,28,32)(H,29,30,33). The summed E-state index contributed by atoms with van der Waals surface area (Å²) in [6.45, 7) is 3.92. The zero-order chi connectivity index (χ0) is 23.9. The molecule has 1 aliphatic rings. The molecular weight excluding hydrogens is 451 g/mol. The van der Waals surface area contributed by atoms with Crippen LogP contribution in [0.4, 0.5) is 4.39 Å². The van der Waals surface area contributed by atoms with Crippen LogP contribution in [0.25, 0.3) is 0 Å². The molecule has 6 nitrogen and oxygen atoms in total. The Morgan fingerprint density at radius 1 is 1.18 bits per heavy atom. The topological polar surface area (TPSA) is 78.1 Å². The van der Waals surface area contributed by atoms with E-state index < -0.39 is 0 Å². The Labute approximate surface area is 203 Å². The number of nitrogens with one attached hydrogen (secondary N) is 2. The Morgan fingerprint density at radius 3 is 2.71 bits per heavy atom. The van der Waals surface area contributed by atoms with Crippen molar-refractivity contribution < 1.29 is 9.18 Å². The van der Waals surface area contributed by atoms with E-state index in [1.54, 1.807) is 12.1 Å². The number of carbonyl (C=O) groups excluding carboxylic acids is 1. The molecule has 3 aromatic rings. The maximum absolute atomic E-state index is 13.1. The van der Waals surface area contributed by atoms with E-state index in [0.717, 1.165) is 30.6 Å². The highest BCUT2D eigenvalue weighted by Crippen LogP contribution is 2.19. The van der Waals surface area contributed by atoms with Gasteiger partial charge in [0, 0.05) is 32.1 Å². The summed E-state index contributed by atoms with van der Waals surface area (Å²) in [5, 5.41) is 3.49. The van der Waals surface area contributed by atoms with Gasteiger partial charge in [-0.05, 0) is 43.0 Å². The number of halogens is 1. The third-order valence-electron chi connectivity index (χ3n) is 5.90. The number of fused-ring (bicyclic) bond motifs is 1. The summed E-state index contributed by atoms with van der Waals surface area (Å²) in [6.07, 6.45) is 2.44. The van der Waals surface area contributed by atoms with Crippen molar-refractivity contribution in [3.05, 3.63) is 93.2 Å². The van der Waals surface area contributed by atoms with Crippen molar-refractivity contribution in [2.75, 3.05) is 12.3 Å². The Kier molecular flexibility index (Phi) is 8.13. The zero-order valence-electron chi connectivity index (χ0n) is 19.2. The summed E-state index contributed by atoms with van der Waals surface area (Å²) in [5.74, 6) is -0.126. The van der Waals surface area contributed by atoms with Crippen molar-refractivity contribution in [2.45, 2.75) is 50.5 Å². The van der Waals surface area contributed by atoms with Crippen molar-refractivity contribution in [3.63, 3.8) is 0 Å². The monoisotopic (exact) mass is 480 g/mol. The molecule has 0 radical (unpaired) electrons. The van der Waals surface area contributed by atoms with Gasteiger partial charge in [-0.2, -0.15) is 0 Å². The van der Waals surface area contributed by atoms with Crippen molar-refractivity contribution >= 4 is 17.7 Å². The minimum atomic E-state index is -0.256. The second-order valence-electron chi connectivity index (χ2n) is 8.66. The fourth-order valence-electron chi connectivity index (χ4n) is 4.06. The van der Waals surface area contributed by atoms with Crippen LogP contribution in [0.5, 0.6) is 0 Å². The number of aromatic nitrogens is 2. The molecule has 1 unspecified atom stereocenters. The molecule has 0 bridgehead atoms. The van der Waals surface area contributed by atoms with Crippen LogP contribution in [0.2, 0.25) is 0 Å². The average molecular weight is 481 g/mol. The highest BCUT2D eigenvalue weighted by Gasteiger charge is 2.21. The van der Waals surface area contributed by atoms with Gasteiger partial charge in [-0.3, -0.25) is 14.5 Å². The van der Waals surface area contributed by atoms with E-state index in [9.17, 15) is 14.0 Å². The van der Waals surface area contributed by atoms with E-state index in [1.165, 1.54) is 29.5 Å². The van der Waals surface area contributed by atoms with E-state index >= 15 is 0 Å². The predicted molar refractivity (Wildman–Crippen MR) is 132 cm³/mol. The van der Waals surface area contributed by atoms with Crippen molar-refractivity contribution in [3.8, 4) is 0 Å². The largest absolute Gasteiger partial charge is 0.353 e. The smallest absolute Gasteiger partial charge is 0.256 e. The van der Waals surface area contributed by atoms with Crippen molar-refractivity contribution in [1.82, 2.24) is 20.2 Å². The molecule has 0 saturated carbocycles. The summed E-state index contributed by atoms with van der Waals surface area (Å²) in [7, 11) is 0. The third kappa shape index (κ3) is 6.77. The average Bonchev–Trinajstić information content (AvgIpc) is 2.84. The molecule has 0 spiro atoms. The number of benzene rings is 2. The molecule has 1 aliphatic heterocycles. The summed E-state index contributed by atoms with van der Waals surface area (Å²) in [6, 6.07) is 16.7. The number of rotatable bonds is 9. The number of thioether (sulfide) groups is 1. The van der Waals surface area contributed by atoms with E-state index in [0.29, 0.717) is 30.2 Å². The zero-order valence-corrected chi connectivity index (χ0v) is 20.0. The second kappa shape index (κ2) is 11.4. The lowest BCUT2D eigenvalue weighted by Crippen LogP contribution is -2.36. The van der Waals surface area contributed by atoms with Crippen LogP contribution in [0.1, 0.15) is 35.7 Å². The number of hydrogen-bond acceptors (Lipinski definition) is 5.